The Balaban J connectivity index is 2.52. The van der Waals surface area contributed by atoms with Gasteiger partial charge in [-0.25, -0.2) is 0 Å². The van der Waals surface area contributed by atoms with Crippen molar-refractivity contribution >= 4 is 23.0 Å². The van der Waals surface area contributed by atoms with Gasteiger partial charge in [0.15, 0.2) is 0 Å². The lowest BCUT2D eigenvalue weighted by atomic mass is 10.2. The predicted molar refractivity (Wildman–Crippen MR) is 54.6 cm³/mol. The third-order valence-electron chi connectivity index (χ3n) is 2.17. The van der Waals surface area contributed by atoms with Crippen molar-refractivity contribution < 1.29 is 4.74 Å². The molecule has 0 saturated carbocycles. The smallest absolute Gasteiger partial charge is 0.144 e. The molecule has 0 radical (unpaired) electrons. The van der Waals surface area contributed by atoms with Crippen LogP contribution in [0.5, 0.6) is 5.75 Å². The summed E-state index contributed by atoms with van der Waals surface area (Å²) in [5.74, 6) is 0.815. The minimum absolute atomic E-state index is 0.565. The van der Waals surface area contributed by atoms with Gasteiger partial charge in [0.25, 0.3) is 0 Å². The highest BCUT2D eigenvalue weighted by Crippen LogP contribution is 2.36. The first-order valence-electron chi connectivity index (χ1n) is 4.11. The number of benzene rings is 1. The van der Waals surface area contributed by atoms with Crippen molar-refractivity contribution in [3.8, 4) is 5.75 Å². The van der Waals surface area contributed by atoms with Gasteiger partial charge in [0.05, 0.1) is 22.9 Å². The van der Waals surface area contributed by atoms with Gasteiger partial charge in [-0.2, -0.15) is 0 Å². The van der Waals surface area contributed by atoms with Crippen LogP contribution in [0.2, 0.25) is 5.02 Å². The average Bonchev–Trinajstić information content (AvgIpc) is 2.09. The van der Waals surface area contributed by atoms with Crippen molar-refractivity contribution in [2.45, 2.75) is 0 Å². The Morgan fingerprint density at radius 3 is 3.08 bits per heavy atom. The van der Waals surface area contributed by atoms with Crippen LogP contribution < -0.4 is 15.4 Å². The lowest BCUT2D eigenvalue weighted by Gasteiger charge is -2.28. The minimum atomic E-state index is 0.565. The van der Waals surface area contributed by atoms with Gasteiger partial charge in [-0.15, -0.1) is 0 Å². The summed E-state index contributed by atoms with van der Waals surface area (Å²) in [6.45, 7) is 1.58. The van der Waals surface area contributed by atoms with Crippen LogP contribution in [0.1, 0.15) is 0 Å². The summed E-state index contributed by atoms with van der Waals surface area (Å²) in [4.78, 5) is 2.10. The van der Waals surface area contributed by atoms with E-state index >= 15 is 0 Å². The topological polar surface area (TPSA) is 38.5 Å². The fourth-order valence-corrected chi connectivity index (χ4v) is 1.54. The van der Waals surface area contributed by atoms with Gasteiger partial charge < -0.3 is 15.4 Å². The lowest BCUT2D eigenvalue weighted by Crippen LogP contribution is -2.28. The molecule has 4 heteroatoms. The normalized spacial score (nSPS) is 15.1. The molecule has 1 aromatic carbocycles. The molecule has 0 aromatic heterocycles. The number of anilines is 2. The van der Waals surface area contributed by atoms with E-state index in [0.29, 0.717) is 17.3 Å². The van der Waals surface area contributed by atoms with Gasteiger partial charge in [-0.3, -0.25) is 0 Å². The molecule has 13 heavy (non-hydrogen) atoms. The maximum Gasteiger partial charge on any atom is 0.144 e. The second-order valence-electron chi connectivity index (χ2n) is 3.11. The van der Waals surface area contributed by atoms with Crippen LogP contribution in [0.25, 0.3) is 0 Å². The molecule has 3 nitrogen and oxygen atoms in total. The Labute approximate surface area is 82.0 Å². The summed E-state index contributed by atoms with van der Waals surface area (Å²) < 4.78 is 5.45. The Bertz CT molecular complexity index is 341. The SMILES string of the molecule is CN1CCOc2cc(N)c(Cl)cc21. The third kappa shape index (κ3) is 1.40. The van der Waals surface area contributed by atoms with Crippen LogP contribution >= 0.6 is 11.6 Å². The number of nitrogens with two attached hydrogens (primary N) is 1. The molecule has 70 valence electrons. The monoisotopic (exact) mass is 198 g/mol. The van der Waals surface area contributed by atoms with Gasteiger partial charge in [0.2, 0.25) is 0 Å². The van der Waals surface area contributed by atoms with Crippen LogP contribution in [0, 0.1) is 0 Å². The Hall–Kier alpha value is -1.09. The molecule has 1 aliphatic heterocycles. The zero-order valence-corrected chi connectivity index (χ0v) is 8.14. The molecular formula is C9H11ClN2O. The van der Waals surface area contributed by atoms with E-state index in [9.17, 15) is 0 Å². The fourth-order valence-electron chi connectivity index (χ4n) is 1.39. The van der Waals surface area contributed by atoms with Crippen molar-refractivity contribution in [3.05, 3.63) is 17.2 Å². The molecule has 1 heterocycles. The number of nitrogens with zero attached hydrogens (tertiary/aromatic N) is 1. The number of rotatable bonds is 0. The summed E-state index contributed by atoms with van der Waals surface area (Å²) in [6.07, 6.45) is 0. The van der Waals surface area contributed by atoms with Gasteiger partial charge in [-0.1, -0.05) is 11.6 Å². The number of halogens is 1. The average molecular weight is 199 g/mol. The fraction of sp³-hybridized carbons (Fsp3) is 0.333. The third-order valence-corrected chi connectivity index (χ3v) is 2.50. The maximum atomic E-state index is 5.90. The molecule has 0 unspecified atom stereocenters. The van der Waals surface area contributed by atoms with Gasteiger partial charge in [-0.05, 0) is 6.07 Å². The first kappa shape index (κ1) is 8.51. The molecule has 0 fully saturated rings. The summed E-state index contributed by atoms with van der Waals surface area (Å²) in [7, 11) is 2.01. The highest BCUT2D eigenvalue weighted by Gasteiger charge is 2.16. The van der Waals surface area contributed by atoms with Gasteiger partial charge >= 0.3 is 0 Å². The number of likely N-dealkylation sites (N-methyl/N-ethyl adjacent to an activating group) is 1. The molecule has 0 saturated heterocycles. The van der Waals surface area contributed by atoms with E-state index in [1.807, 2.05) is 13.1 Å². The van der Waals surface area contributed by atoms with Crippen molar-refractivity contribution in [2.24, 2.45) is 0 Å². The number of ether oxygens (including phenoxy) is 1. The van der Waals surface area contributed by atoms with Crippen molar-refractivity contribution in [3.63, 3.8) is 0 Å². The Morgan fingerprint density at radius 1 is 1.54 bits per heavy atom. The van der Waals surface area contributed by atoms with Crippen LogP contribution in [-0.4, -0.2) is 20.2 Å². The molecule has 1 aromatic rings. The van der Waals surface area contributed by atoms with E-state index in [-0.39, 0.29) is 0 Å². The van der Waals surface area contributed by atoms with Crippen molar-refractivity contribution in [1.29, 1.82) is 0 Å². The quantitative estimate of drug-likeness (QED) is 0.646. The second kappa shape index (κ2) is 3.00. The van der Waals surface area contributed by atoms with E-state index in [2.05, 4.69) is 4.90 Å². The lowest BCUT2D eigenvalue weighted by molar-refractivity contribution is 0.311. The van der Waals surface area contributed by atoms with E-state index in [0.717, 1.165) is 18.0 Å². The van der Waals surface area contributed by atoms with E-state index in [4.69, 9.17) is 22.1 Å². The number of hydrogen-bond donors (Lipinski definition) is 1. The molecule has 0 atom stereocenters. The molecule has 0 aliphatic carbocycles. The van der Waals surface area contributed by atoms with Gasteiger partial charge in [0.1, 0.15) is 12.4 Å². The van der Waals surface area contributed by atoms with E-state index < -0.39 is 0 Å². The molecule has 1 aliphatic rings. The Kier molecular flexibility index (Phi) is 1.96. The largest absolute Gasteiger partial charge is 0.489 e. The second-order valence-corrected chi connectivity index (χ2v) is 3.52. The Morgan fingerprint density at radius 2 is 2.31 bits per heavy atom. The van der Waals surface area contributed by atoms with Crippen molar-refractivity contribution in [1.82, 2.24) is 0 Å². The highest BCUT2D eigenvalue weighted by molar-refractivity contribution is 6.33. The first-order valence-corrected chi connectivity index (χ1v) is 4.49. The first-order chi connectivity index (χ1) is 6.18. The van der Waals surface area contributed by atoms with Gasteiger partial charge in [0, 0.05) is 13.1 Å². The highest BCUT2D eigenvalue weighted by atomic mass is 35.5. The summed E-state index contributed by atoms with van der Waals surface area (Å²) in [5.41, 5.74) is 7.23. The molecule has 0 spiro atoms. The molecular weight excluding hydrogens is 188 g/mol. The summed E-state index contributed by atoms with van der Waals surface area (Å²) >= 11 is 5.90. The summed E-state index contributed by atoms with van der Waals surface area (Å²) in [5, 5.41) is 0.580. The molecule has 2 N–H and O–H groups in total. The zero-order chi connectivity index (χ0) is 9.42. The predicted octanol–water partition coefficient (Wildman–Crippen LogP) is 1.75. The number of fused-ring (bicyclic) bond motifs is 1. The zero-order valence-electron chi connectivity index (χ0n) is 7.38. The minimum Gasteiger partial charge on any atom is -0.489 e. The molecule has 0 bridgehead atoms. The van der Waals surface area contributed by atoms with Crippen LogP contribution in [-0.2, 0) is 0 Å². The standard InChI is InChI=1S/C9H11ClN2O/c1-12-2-3-13-9-5-7(11)6(10)4-8(9)12/h4-5H,2-3,11H2,1H3. The van der Waals surface area contributed by atoms with Crippen molar-refractivity contribution in [2.75, 3.05) is 30.8 Å². The summed E-state index contributed by atoms with van der Waals surface area (Å²) in [6, 6.07) is 3.61. The van der Waals surface area contributed by atoms with E-state index in [1.54, 1.807) is 6.07 Å². The van der Waals surface area contributed by atoms with Crippen LogP contribution in [0.15, 0.2) is 12.1 Å². The molecule has 2 rings (SSSR count). The number of nitrogen functional groups attached to an aromatic ring is 1. The molecule has 0 amide bonds. The maximum absolute atomic E-state index is 5.90. The van der Waals surface area contributed by atoms with Crippen LogP contribution in [0.3, 0.4) is 0 Å². The van der Waals surface area contributed by atoms with Crippen LogP contribution in [0.4, 0.5) is 11.4 Å². The van der Waals surface area contributed by atoms with E-state index in [1.165, 1.54) is 0 Å². The number of hydrogen-bond acceptors (Lipinski definition) is 3.